The molecule has 0 atom stereocenters. The highest BCUT2D eigenvalue weighted by Gasteiger charge is 2.23. The molecule has 0 radical (unpaired) electrons. The number of rotatable bonds is 8. The van der Waals surface area contributed by atoms with Crippen molar-refractivity contribution < 1.29 is 0 Å². The molecule has 0 heterocycles. The molecule has 0 N–H and O–H groups in total. The second-order valence-electron chi connectivity index (χ2n) is 15.6. The zero-order valence-electron chi connectivity index (χ0n) is 33.6. The van der Waals surface area contributed by atoms with Crippen LogP contribution < -0.4 is 4.90 Å². The van der Waals surface area contributed by atoms with Crippen molar-refractivity contribution in [2.24, 2.45) is 0 Å². The summed E-state index contributed by atoms with van der Waals surface area (Å²) in [6.45, 7) is 0. The number of nitrogens with zero attached hydrogens (tertiary/aromatic N) is 1. The molecule has 0 bridgehead atoms. The minimum atomic E-state index is 1.09. The van der Waals surface area contributed by atoms with Crippen LogP contribution in [0.4, 0.5) is 17.1 Å². The standard InChI is InChI=1S/C60H41N/c1-6-19-42(20-7-1)44-33-35-49(36-34-44)61(50-30-18-29-48(39-50)43-21-8-2-9-22-43)51-37-38-54-57(40-51)52-31-16-17-32-53(52)59-56(46-25-12-4-13-26-46)41-55(45-23-10-3-11-24-45)58(60(54)59)47-27-14-5-15-28-47/h1-41H. The Kier molecular flexibility index (Phi) is 9.26. The number of anilines is 3. The van der Waals surface area contributed by atoms with Gasteiger partial charge in [0.25, 0.3) is 0 Å². The van der Waals surface area contributed by atoms with Crippen molar-refractivity contribution in [3.63, 3.8) is 0 Å². The van der Waals surface area contributed by atoms with E-state index in [0.717, 1.165) is 17.1 Å². The molecule has 0 amide bonds. The van der Waals surface area contributed by atoms with E-state index < -0.39 is 0 Å². The summed E-state index contributed by atoms with van der Waals surface area (Å²) in [5.74, 6) is 0. The molecular weight excluding hydrogens is 735 g/mol. The molecule has 11 rings (SSSR count). The van der Waals surface area contributed by atoms with Crippen molar-refractivity contribution in [2.75, 3.05) is 4.90 Å². The van der Waals surface area contributed by atoms with Crippen LogP contribution in [0.3, 0.4) is 0 Å². The lowest BCUT2D eigenvalue weighted by Crippen LogP contribution is -2.10. The Balaban J connectivity index is 1.22. The lowest BCUT2D eigenvalue weighted by molar-refractivity contribution is 1.29. The summed E-state index contributed by atoms with van der Waals surface area (Å²) in [6, 6.07) is 90.5. The Bertz CT molecular complexity index is 3300. The maximum Gasteiger partial charge on any atom is 0.0468 e. The second kappa shape index (κ2) is 15.6. The molecule has 0 fully saturated rings. The van der Waals surface area contributed by atoms with Crippen molar-refractivity contribution in [2.45, 2.75) is 0 Å². The van der Waals surface area contributed by atoms with Gasteiger partial charge in [-0.1, -0.05) is 206 Å². The van der Waals surface area contributed by atoms with E-state index in [-0.39, 0.29) is 0 Å². The van der Waals surface area contributed by atoms with E-state index in [1.165, 1.54) is 88.0 Å². The molecule has 0 spiro atoms. The lowest BCUT2D eigenvalue weighted by atomic mass is 9.81. The largest absolute Gasteiger partial charge is 0.310 e. The summed E-state index contributed by atoms with van der Waals surface area (Å²) in [4.78, 5) is 2.41. The third-order valence-corrected chi connectivity index (χ3v) is 12.0. The second-order valence-corrected chi connectivity index (χ2v) is 15.6. The van der Waals surface area contributed by atoms with Gasteiger partial charge >= 0.3 is 0 Å². The molecule has 0 aliphatic carbocycles. The molecule has 0 saturated carbocycles. The van der Waals surface area contributed by atoms with Crippen molar-refractivity contribution in [3.8, 4) is 55.6 Å². The van der Waals surface area contributed by atoms with Crippen LogP contribution in [0.1, 0.15) is 0 Å². The van der Waals surface area contributed by atoms with E-state index in [0.29, 0.717) is 0 Å². The fourth-order valence-corrected chi connectivity index (χ4v) is 9.21. The molecule has 0 aromatic heterocycles. The zero-order chi connectivity index (χ0) is 40.5. The van der Waals surface area contributed by atoms with E-state index in [1.807, 2.05) is 0 Å². The molecule has 1 nitrogen and oxygen atoms in total. The predicted molar refractivity (Wildman–Crippen MR) is 261 cm³/mol. The first-order chi connectivity index (χ1) is 30.3. The van der Waals surface area contributed by atoms with Gasteiger partial charge in [-0.05, 0) is 130 Å². The average molecular weight is 776 g/mol. The highest BCUT2D eigenvalue weighted by Crippen LogP contribution is 2.50. The molecule has 11 aromatic carbocycles. The molecule has 0 aliphatic heterocycles. The maximum atomic E-state index is 2.43. The molecular formula is C60H41N. The number of hydrogen-bond donors (Lipinski definition) is 0. The minimum absolute atomic E-state index is 1.09. The monoisotopic (exact) mass is 775 g/mol. The Morgan fingerprint density at radius 1 is 0.213 bits per heavy atom. The van der Waals surface area contributed by atoms with E-state index in [2.05, 4.69) is 254 Å². The SMILES string of the molecule is c1ccc(-c2ccc(N(c3cccc(-c4ccccc4)c3)c3ccc4c(c3)c3ccccc3c3c(-c5ccccc5)cc(-c5ccccc5)c(-c5ccccc5)c43)cc2)cc1. The first kappa shape index (κ1) is 36.1. The van der Waals surface area contributed by atoms with Gasteiger partial charge < -0.3 is 4.90 Å². The zero-order valence-corrected chi connectivity index (χ0v) is 33.6. The Morgan fingerprint density at radius 2 is 0.656 bits per heavy atom. The molecule has 61 heavy (non-hydrogen) atoms. The number of fused-ring (bicyclic) bond motifs is 6. The van der Waals surface area contributed by atoms with Gasteiger partial charge in [-0.3, -0.25) is 0 Å². The van der Waals surface area contributed by atoms with Crippen LogP contribution in [0, 0.1) is 0 Å². The topological polar surface area (TPSA) is 3.24 Å². The molecule has 0 saturated heterocycles. The molecule has 0 aliphatic rings. The van der Waals surface area contributed by atoms with Gasteiger partial charge in [0.05, 0.1) is 0 Å². The van der Waals surface area contributed by atoms with Crippen LogP contribution in [0.25, 0.3) is 88.0 Å². The third kappa shape index (κ3) is 6.63. The van der Waals surface area contributed by atoms with Crippen LogP contribution in [-0.4, -0.2) is 0 Å². The number of hydrogen-bond acceptors (Lipinski definition) is 1. The van der Waals surface area contributed by atoms with Crippen LogP contribution in [0.2, 0.25) is 0 Å². The van der Waals surface area contributed by atoms with Gasteiger partial charge in [-0.15, -0.1) is 0 Å². The normalized spacial score (nSPS) is 11.3. The van der Waals surface area contributed by atoms with Gasteiger partial charge in [0, 0.05) is 17.1 Å². The Morgan fingerprint density at radius 3 is 1.28 bits per heavy atom. The Labute approximate surface area is 357 Å². The lowest BCUT2D eigenvalue weighted by Gasteiger charge is -2.27. The Hall–Kier alpha value is -8.00. The minimum Gasteiger partial charge on any atom is -0.310 e. The first-order valence-electron chi connectivity index (χ1n) is 21.0. The average Bonchev–Trinajstić information content (AvgIpc) is 3.35. The van der Waals surface area contributed by atoms with Gasteiger partial charge in [0.2, 0.25) is 0 Å². The summed E-state index contributed by atoms with van der Waals surface area (Å²) in [5, 5.41) is 7.44. The smallest absolute Gasteiger partial charge is 0.0468 e. The van der Waals surface area contributed by atoms with Crippen LogP contribution in [-0.2, 0) is 0 Å². The molecule has 286 valence electrons. The summed E-state index contributed by atoms with van der Waals surface area (Å²) >= 11 is 0. The number of benzene rings is 11. The summed E-state index contributed by atoms with van der Waals surface area (Å²) in [5.41, 5.74) is 15.3. The third-order valence-electron chi connectivity index (χ3n) is 12.0. The molecule has 0 unspecified atom stereocenters. The highest BCUT2D eigenvalue weighted by atomic mass is 15.1. The van der Waals surface area contributed by atoms with Crippen LogP contribution >= 0.6 is 0 Å². The molecule has 1 heteroatoms. The van der Waals surface area contributed by atoms with Gasteiger partial charge in [0.1, 0.15) is 0 Å². The predicted octanol–water partition coefficient (Wildman–Crippen LogP) is 17.0. The highest BCUT2D eigenvalue weighted by molar-refractivity contribution is 6.33. The summed E-state index contributed by atoms with van der Waals surface area (Å²) in [7, 11) is 0. The van der Waals surface area contributed by atoms with Crippen molar-refractivity contribution >= 4 is 49.4 Å². The van der Waals surface area contributed by atoms with Gasteiger partial charge in [-0.25, -0.2) is 0 Å². The first-order valence-corrected chi connectivity index (χ1v) is 21.0. The van der Waals surface area contributed by atoms with Crippen molar-refractivity contribution in [1.82, 2.24) is 0 Å². The quantitative estimate of drug-likeness (QED) is 0.139. The fourth-order valence-electron chi connectivity index (χ4n) is 9.21. The van der Waals surface area contributed by atoms with E-state index in [9.17, 15) is 0 Å². The van der Waals surface area contributed by atoms with E-state index in [4.69, 9.17) is 0 Å². The van der Waals surface area contributed by atoms with Crippen molar-refractivity contribution in [3.05, 3.63) is 249 Å². The van der Waals surface area contributed by atoms with E-state index >= 15 is 0 Å². The van der Waals surface area contributed by atoms with E-state index in [1.54, 1.807) is 0 Å². The summed E-state index contributed by atoms with van der Waals surface area (Å²) < 4.78 is 0. The summed E-state index contributed by atoms with van der Waals surface area (Å²) in [6.07, 6.45) is 0. The maximum absolute atomic E-state index is 2.43. The van der Waals surface area contributed by atoms with Gasteiger partial charge in [0.15, 0.2) is 0 Å². The van der Waals surface area contributed by atoms with Crippen LogP contribution in [0.15, 0.2) is 249 Å². The van der Waals surface area contributed by atoms with Crippen LogP contribution in [0.5, 0.6) is 0 Å². The van der Waals surface area contributed by atoms with Crippen molar-refractivity contribution in [1.29, 1.82) is 0 Å². The molecule has 11 aromatic rings. The van der Waals surface area contributed by atoms with Gasteiger partial charge in [-0.2, -0.15) is 0 Å². The fraction of sp³-hybridized carbons (Fsp3) is 0.